The van der Waals surface area contributed by atoms with Crippen LogP contribution in [-0.4, -0.2) is 22.0 Å². The summed E-state index contributed by atoms with van der Waals surface area (Å²) >= 11 is 0. The fraction of sp³-hybridized carbons (Fsp3) is 0.750. The van der Waals surface area contributed by atoms with Gasteiger partial charge in [-0.15, -0.1) is 0 Å². The van der Waals surface area contributed by atoms with Crippen molar-refractivity contribution in [3.8, 4) is 0 Å². The van der Waals surface area contributed by atoms with Gasteiger partial charge in [0.05, 0.1) is 0 Å². The highest BCUT2D eigenvalue weighted by atomic mass is 16.4. The number of nitrogens with zero attached hydrogens (tertiary/aromatic N) is 1. The van der Waals surface area contributed by atoms with E-state index in [0.717, 1.165) is 25.7 Å². The lowest BCUT2D eigenvalue weighted by Crippen LogP contribution is -2.12. The molecule has 0 aromatic heterocycles. The van der Waals surface area contributed by atoms with Crippen LogP contribution in [0.15, 0.2) is 5.16 Å². The molecule has 0 amide bonds. The van der Waals surface area contributed by atoms with E-state index in [4.69, 9.17) is 10.3 Å². The predicted molar refractivity (Wildman–Crippen MR) is 45.6 cm³/mol. The second-order valence-corrected chi connectivity index (χ2v) is 2.66. The van der Waals surface area contributed by atoms with Crippen LogP contribution in [0.5, 0.6) is 0 Å². The molecule has 0 aliphatic rings. The molecule has 4 heteroatoms. The van der Waals surface area contributed by atoms with E-state index >= 15 is 0 Å². The molecule has 0 heterocycles. The number of oxime groups is 1. The Bertz CT molecular complexity index is 166. The van der Waals surface area contributed by atoms with Gasteiger partial charge in [0.25, 0.3) is 0 Å². The number of carbonyl (C=O) groups is 1. The van der Waals surface area contributed by atoms with E-state index in [1.54, 1.807) is 0 Å². The molecule has 0 aromatic rings. The van der Waals surface area contributed by atoms with Crippen molar-refractivity contribution in [2.75, 3.05) is 0 Å². The molecule has 0 aliphatic heterocycles. The van der Waals surface area contributed by atoms with Gasteiger partial charge in [-0.25, -0.2) is 4.79 Å². The Morgan fingerprint density at radius 3 is 2.42 bits per heavy atom. The first-order valence-corrected chi connectivity index (χ1v) is 4.16. The second kappa shape index (κ2) is 6.64. The molecule has 0 spiro atoms. The van der Waals surface area contributed by atoms with Crippen LogP contribution >= 0.6 is 0 Å². The topological polar surface area (TPSA) is 69.9 Å². The van der Waals surface area contributed by atoms with E-state index in [-0.39, 0.29) is 5.71 Å². The molecule has 0 rings (SSSR count). The van der Waals surface area contributed by atoms with Gasteiger partial charge in [0, 0.05) is 6.42 Å². The summed E-state index contributed by atoms with van der Waals surface area (Å²) in [5.74, 6) is -1.13. The molecule has 0 saturated heterocycles. The lowest BCUT2D eigenvalue weighted by atomic mass is 10.1. The fourth-order valence-electron chi connectivity index (χ4n) is 0.919. The summed E-state index contributed by atoms with van der Waals surface area (Å²) in [5, 5.41) is 19.4. The lowest BCUT2D eigenvalue weighted by molar-refractivity contribution is -0.129. The molecule has 0 aromatic carbocycles. The highest BCUT2D eigenvalue weighted by Gasteiger charge is 2.08. The van der Waals surface area contributed by atoms with E-state index in [2.05, 4.69) is 12.1 Å². The number of hydrogen-bond acceptors (Lipinski definition) is 3. The Labute approximate surface area is 71.9 Å². The van der Waals surface area contributed by atoms with Crippen LogP contribution in [0.25, 0.3) is 0 Å². The number of unbranched alkanes of at least 4 members (excludes halogenated alkanes) is 3. The van der Waals surface area contributed by atoms with E-state index in [9.17, 15) is 4.79 Å². The van der Waals surface area contributed by atoms with Gasteiger partial charge >= 0.3 is 5.97 Å². The summed E-state index contributed by atoms with van der Waals surface area (Å²) in [7, 11) is 0. The average molecular weight is 173 g/mol. The minimum absolute atomic E-state index is 0.147. The van der Waals surface area contributed by atoms with Gasteiger partial charge in [-0.2, -0.15) is 0 Å². The molecule has 0 bridgehead atoms. The maximum absolute atomic E-state index is 10.3. The van der Waals surface area contributed by atoms with Crippen LogP contribution in [0.3, 0.4) is 0 Å². The van der Waals surface area contributed by atoms with Crippen molar-refractivity contribution >= 4 is 11.7 Å². The van der Waals surface area contributed by atoms with E-state index in [1.165, 1.54) is 0 Å². The zero-order chi connectivity index (χ0) is 9.40. The quantitative estimate of drug-likeness (QED) is 0.279. The molecule has 2 N–H and O–H groups in total. The van der Waals surface area contributed by atoms with Crippen LogP contribution in [0.1, 0.15) is 39.0 Å². The third-order valence-electron chi connectivity index (χ3n) is 1.63. The highest BCUT2D eigenvalue weighted by Crippen LogP contribution is 2.03. The van der Waals surface area contributed by atoms with Gasteiger partial charge < -0.3 is 10.3 Å². The third-order valence-corrected chi connectivity index (χ3v) is 1.63. The van der Waals surface area contributed by atoms with Gasteiger partial charge in [0.1, 0.15) is 0 Å². The minimum Gasteiger partial charge on any atom is -0.477 e. The lowest BCUT2D eigenvalue weighted by Gasteiger charge is -1.97. The Morgan fingerprint density at radius 2 is 2.00 bits per heavy atom. The maximum Gasteiger partial charge on any atom is 0.353 e. The van der Waals surface area contributed by atoms with Crippen LogP contribution in [0.4, 0.5) is 0 Å². The van der Waals surface area contributed by atoms with Crippen molar-refractivity contribution < 1.29 is 15.1 Å². The molecule has 4 nitrogen and oxygen atoms in total. The normalized spacial score (nSPS) is 11.6. The van der Waals surface area contributed by atoms with Crippen molar-refractivity contribution in [2.24, 2.45) is 5.16 Å². The zero-order valence-corrected chi connectivity index (χ0v) is 7.29. The first-order chi connectivity index (χ1) is 5.72. The summed E-state index contributed by atoms with van der Waals surface area (Å²) in [4.78, 5) is 10.3. The van der Waals surface area contributed by atoms with E-state index in [0.29, 0.717) is 6.42 Å². The van der Waals surface area contributed by atoms with Gasteiger partial charge in [0.15, 0.2) is 5.71 Å². The smallest absolute Gasteiger partial charge is 0.353 e. The minimum atomic E-state index is -1.13. The number of carboxylic acids is 1. The van der Waals surface area contributed by atoms with E-state index in [1.807, 2.05) is 0 Å². The van der Waals surface area contributed by atoms with Crippen molar-refractivity contribution in [1.29, 1.82) is 0 Å². The summed E-state index contributed by atoms with van der Waals surface area (Å²) in [6, 6.07) is 0. The molecule has 0 aliphatic carbocycles. The molecule has 70 valence electrons. The predicted octanol–water partition coefficient (Wildman–Crippen LogP) is 1.87. The summed E-state index contributed by atoms with van der Waals surface area (Å²) in [6.45, 7) is 2.08. The molecule has 12 heavy (non-hydrogen) atoms. The fourth-order valence-corrected chi connectivity index (χ4v) is 0.919. The van der Waals surface area contributed by atoms with Crippen molar-refractivity contribution in [2.45, 2.75) is 39.0 Å². The molecule has 0 fully saturated rings. The molecule has 0 unspecified atom stereocenters. The van der Waals surface area contributed by atoms with Gasteiger partial charge in [0.2, 0.25) is 0 Å². The number of carboxylic acid groups (broad SMARTS) is 1. The first kappa shape index (κ1) is 10.9. The van der Waals surface area contributed by atoms with E-state index < -0.39 is 5.97 Å². The van der Waals surface area contributed by atoms with Crippen molar-refractivity contribution in [1.82, 2.24) is 0 Å². The van der Waals surface area contributed by atoms with Crippen LogP contribution in [-0.2, 0) is 4.79 Å². The largest absolute Gasteiger partial charge is 0.477 e. The maximum atomic E-state index is 10.3. The molecule has 0 atom stereocenters. The third kappa shape index (κ3) is 4.71. The molecule has 0 saturated carbocycles. The van der Waals surface area contributed by atoms with Gasteiger partial charge in [-0.3, -0.25) is 0 Å². The van der Waals surface area contributed by atoms with Gasteiger partial charge in [-0.05, 0) is 6.42 Å². The Kier molecular flexibility index (Phi) is 6.05. The second-order valence-electron chi connectivity index (χ2n) is 2.66. The standard InChI is InChI=1S/C8H15NO3/c1-2-3-4-5-6-7(9-12)8(10)11/h12H,2-6H2,1H3,(H,10,11)/b9-7+. The monoisotopic (exact) mass is 173 g/mol. The molecule has 0 radical (unpaired) electrons. The molecular formula is C8H15NO3. The number of rotatable bonds is 6. The average Bonchev–Trinajstić information content (AvgIpc) is 2.04. The first-order valence-electron chi connectivity index (χ1n) is 4.16. The summed E-state index contributed by atoms with van der Waals surface area (Å²) < 4.78 is 0. The summed E-state index contributed by atoms with van der Waals surface area (Å²) in [6.07, 6.45) is 4.32. The highest BCUT2D eigenvalue weighted by molar-refractivity contribution is 6.35. The Morgan fingerprint density at radius 1 is 1.33 bits per heavy atom. The zero-order valence-electron chi connectivity index (χ0n) is 7.29. The van der Waals surface area contributed by atoms with Crippen LogP contribution in [0.2, 0.25) is 0 Å². The molecular weight excluding hydrogens is 158 g/mol. The number of aliphatic carboxylic acids is 1. The van der Waals surface area contributed by atoms with Crippen molar-refractivity contribution in [3.63, 3.8) is 0 Å². The van der Waals surface area contributed by atoms with Crippen LogP contribution in [0, 0.1) is 0 Å². The SMILES string of the molecule is CCCCCC/C(=N\O)C(=O)O. The summed E-state index contributed by atoms with van der Waals surface area (Å²) in [5.41, 5.74) is -0.147. The van der Waals surface area contributed by atoms with Crippen LogP contribution < -0.4 is 0 Å². The Hall–Kier alpha value is -1.06. The van der Waals surface area contributed by atoms with Gasteiger partial charge in [-0.1, -0.05) is 31.3 Å². The van der Waals surface area contributed by atoms with Crippen molar-refractivity contribution in [3.05, 3.63) is 0 Å². The Balaban J connectivity index is 3.54. The number of hydrogen-bond donors (Lipinski definition) is 2.